The molecular weight excluding hydrogens is 244 g/mol. The summed E-state index contributed by atoms with van der Waals surface area (Å²) in [6.45, 7) is 5.53. The largest absolute Gasteiger partial charge is 0.398 e. The van der Waals surface area contributed by atoms with Gasteiger partial charge in [-0.25, -0.2) is 0 Å². The van der Waals surface area contributed by atoms with Gasteiger partial charge >= 0.3 is 0 Å². The smallest absolute Gasteiger partial charge is 0.254 e. The Kier molecular flexibility index (Phi) is 4.47. The zero-order chi connectivity index (χ0) is 14.6. The van der Waals surface area contributed by atoms with E-state index in [9.17, 15) is 9.59 Å². The fraction of sp³-hybridized carbons (Fsp3) is 0.462. The van der Waals surface area contributed by atoms with Crippen LogP contribution in [-0.4, -0.2) is 30.4 Å². The topological polar surface area (TPSA) is 97.1 Å². The Morgan fingerprint density at radius 3 is 2.58 bits per heavy atom. The van der Waals surface area contributed by atoms with Gasteiger partial charge in [0.15, 0.2) is 0 Å². The zero-order valence-corrected chi connectivity index (χ0v) is 11.7. The number of carbonyl (C=O) groups is 2. The number of carbonyl (C=O) groups excluding carboxylic acids is 2. The standard InChI is InChI=1S/C13H20N4O2/c1-8-5-10(14)9(6-16-8)11(18)17-7-13(2,3)12(19)15-4/h5-6H,7H2,1-4H3,(H2,14,16)(H,15,19)(H,17,18). The normalized spacial score (nSPS) is 10.9. The van der Waals surface area contributed by atoms with Crippen LogP contribution in [0.5, 0.6) is 0 Å². The third kappa shape index (κ3) is 3.67. The Labute approximate surface area is 112 Å². The average molecular weight is 264 g/mol. The minimum Gasteiger partial charge on any atom is -0.398 e. The van der Waals surface area contributed by atoms with Crippen LogP contribution >= 0.6 is 0 Å². The predicted octanol–water partition coefficient (Wildman–Crippen LogP) is 0.474. The van der Waals surface area contributed by atoms with Crippen LogP contribution in [0.3, 0.4) is 0 Å². The number of pyridine rings is 1. The van der Waals surface area contributed by atoms with E-state index >= 15 is 0 Å². The van der Waals surface area contributed by atoms with Crippen LogP contribution in [0.15, 0.2) is 12.3 Å². The fourth-order valence-corrected chi connectivity index (χ4v) is 1.59. The predicted molar refractivity (Wildman–Crippen MR) is 73.6 cm³/mol. The molecule has 2 amide bonds. The lowest BCUT2D eigenvalue weighted by atomic mass is 9.92. The first-order valence-electron chi connectivity index (χ1n) is 6.00. The molecule has 6 heteroatoms. The summed E-state index contributed by atoms with van der Waals surface area (Å²) in [6.07, 6.45) is 1.44. The Balaban J connectivity index is 2.73. The quantitative estimate of drug-likeness (QED) is 0.736. The number of nitrogen functional groups attached to an aromatic ring is 1. The number of aryl methyl sites for hydroxylation is 1. The molecule has 0 atom stereocenters. The molecule has 19 heavy (non-hydrogen) atoms. The molecule has 0 bridgehead atoms. The molecule has 4 N–H and O–H groups in total. The highest BCUT2D eigenvalue weighted by Gasteiger charge is 2.27. The van der Waals surface area contributed by atoms with Gasteiger partial charge in [-0.3, -0.25) is 14.6 Å². The van der Waals surface area contributed by atoms with Crippen molar-refractivity contribution in [2.24, 2.45) is 5.41 Å². The average Bonchev–Trinajstić information content (AvgIpc) is 2.35. The van der Waals surface area contributed by atoms with Gasteiger partial charge < -0.3 is 16.4 Å². The van der Waals surface area contributed by atoms with Crippen molar-refractivity contribution in [2.45, 2.75) is 20.8 Å². The minimum absolute atomic E-state index is 0.136. The molecule has 0 spiro atoms. The van der Waals surface area contributed by atoms with Gasteiger partial charge in [0, 0.05) is 31.2 Å². The summed E-state index contributed by atoms with van der Waals surface area (Å²) in [4.78, 5) is 27.6. The summed E-state index contributed by atoms with van der Waals surface area (Å²) in [5.74, 6) is -0.468. The number of rotatable bonds is 4. The molecule has 0 saturated heterocycles. The van der Waals surface area contributed by atoms with Gasteiger partial charge in [-0.2, -0.15) is 0 Å². The first-order chi connectivity index (χ1) is 8.77. The molecule has 0 fully saturated rings. The second-order valence-corrected chi connectivity index (χ2v) is 5.06. The Bertz CT molecular complexity index is 497. The third-order valence-corrected chi connectivity index (χ3v) is 2.85. The highest BCUT2D eigenvalue weighted by atomic mass is 16.2. The van der Waals surface area contributed by atoms with Crippen molar-refractivity contribution in [1.29, 1.82) is 0 Å². The highest BCUT2D eigenvalue weighted by molar-refractivity contribution is 5.99. The molecule has 1 heterocycles. The molecule has 1 rings (SSSR count). The number of amides is 2. The van der Waals surface area contributed by atoms with Crippen LogP contribution in [0.2, 0.25) is 0 Å². The van der Waals surface area contributed by atoms with E-state index in [1.165, 1.54) is 6.20 Å². The van der Waals surface area contributed by atoms with Crippen molar-refractivity contribution in [1.82, 2.24) is 15.6 Å². The second kappa shape index (κ2) is 5.69. The van der Waals surface area contributed by atoms with Gasteiger partial charge in [0.05, 0.1) is 11.0 Å². The summed E-state index contributed by atoms with van der Waals surface area (Å²) in [7, 11) is 1.56. The molecule has 0 aromatic carbocycles. The van der Waals surface area contributed by atoms with Crippen LogP contribution in [-0.2, 0) is 4.79 Å². The maximum atomic E-state index is 12.0. The van der Waals surface area contributed by atoms with E-state index in [0.717, 1.165) is 5.69 Å². The van der Waals surface area contributed by atoms with Crippen LogP contribution in [0, 0.1) is 12.3 Å². The molecule has 0 aliphatic heterocycles. The number of anilines is 1. The Hall–Kier alpha value is -2.11. The van der Waals surface area contributed by atoms with E-state index < -0.39 is 5.41 Å². The van der Waals surface area contributed by atoms with Crippen molar-refractivity contribution in [3.8, 4) is 0 Å². The lowest BCUT2D eigenvalue weighted by molar-refractivity contribution is -0.128. The Morgan fingerprint density at radius 1 is 1.42 bits per heavy atom. The van der Waals surface area contributed by atoms with E-state index in [0.29, 0.717) is 11.3 Å². The van der Waals surface area contributed by atoms with Crippen LogP contribution < -0.4 is 16.4 Å². The van der Waals surface area contributed by atoms with Gasteiger partial charge in [0.1, 0.15) is 0 Å². The number of hydrogen-bond donors (Lipinski definition) is 3. The van der Waals surface area contributed by atoms with Crippen LogP contribution in [0.1, 0.15) is 29.9 Å². The van der Waals surface area contributed by atoms with Crippen LogP contribution in [0.25, 0.3) is 0 Å². The monoisotopic (exact) mass is 264 g/mol. The van der Waals surface area contributed by atoms with Gasteiger partial charge in [0.2, 0.25) is 5.91 Å². The molecule has 104 valence electrons. The van der Waals surface area contributed by atoms with Crippen molar-refractivity contribution in [2.75, 3.05) is 19.3 Å². The third-order valence-electron chi connectivity index (χ3n) is 2.85. The Morgan fingerprint density at radius 2 is 2.05 bits per heavy atom. The number of nitrogens with one attached hydrogen (secondary N) is 2. The van der Waals surface area contributed by atoms with E-state index in [4.69, 9.17) is 5.73 Å². The maximum absolute atomic E-state index is 12.0. The molecular formula is C13H20N4O2. The minimum atomic E-state index is -0.683. The van der Waals surface area contributed by atoms with Gasteiger partial charge in [0.25, 0.3) is 5.91 Å². The molecule has 0 aliphatic rings. The van der Waals surface area contributed by atoms with Crippen LogP contribution in [0.4, 0.5) is 5.69 Å². The molecule has 1 aromatic heterocycles. The number of nitrogens with zero attached hydrogens (tertiary/aromatic N) is 1. The van der Waals surface area contributed by atoms with Crippen molar-refractivity contribution in [3.05, 3.63) is 23.5 Å². The lowest BCUT2D eigenvalue weighted by Gasteiger charge is -2.22. The molecule has 0 unspecified atom stereocenters. The SMILES string of the molecule is CNC(=O)C(C)(C)CNC(=O)c1cnc(C)cc1N. The summed E-state index contributed by atoms with van der Waals surface area (Å²) in [6, 6.07) is 1.64. The van der Waals surface area contributed by atoms with Gasteiger partial charge in [-0.15, -0.1) is 0 Å². The molecule has 0 radical (unpaired) electrons. The zero-order valence-electron chi connectivity index (χ0n) is 11.7. The number of hydrogen-bond acceptors (Lipinski definition) is 4. The van der Waals surface area contributed by atoms with E-state index in [-0.39, 0.29) is 18.4 Å². The van der Waals surface area contributed by atoms with E-state index in [1.807, 2.05) is 0 Å². The van der Waals surface area contributed by atoms with Crippen molar-refractivity contribution in [3.63, 3.8) is 0 Å². The highest BCUT2D eigenvalue weighted by Crippen LogP contribution is 2.15. The molecule has 1 aromatic rings. The number of aromatic nitrogens is 1. The van der Waals surface area contributed by atoms with Crippen molar-refractivity contribution < 1.29 is 9.59 Å². The first-order valence-corrected chi connectivity index (χ1v) is 6.00. The summed E-state index contributed by atoms with van der Waals surface area (Å²) >= 11 is 0. The lowest BCUT2D eigenvalue weighted by Crippen LogP contribution is -2.43. The second-order valence-electron chi connectivity index (χ2n) is 5.06. The first kappa shape index (κ1) is 14.9. The van der Waals surface area contributed by atoms with Gasteiger partial charge in [-0.1, -0.05) is 0 Å². The summed E-state index contributed by atoms with van der Waals surface area (Å²) < 4.78 is 0. The summed E-state index contributed by atoms with van der Waals surface area (Å²) in [5, 5.41) is 5.26. The molecule has 6 nitrogen and oxygen atoms in total. The fourth-order valence-electron chi connectivity index (χ4n) is 1.59. The van der Waals surface area contributed by atoms with Crippen molar-refractivity contribution >= 4 is 17.5 Å². The van der Waals surface area contributed by atoms with Gasteiger partial charge in [-0.05, 0) is 26.8 Å². The maximum Gasteiger partial charge on any atom is 0.254 e. The number of nitrogens with two attached hydrogens (primary N) is 1. The van der Waals surface area contributed by atoms with E-state index in [2.05, 4.69) is 15.6 Å². The molecule has 0 aliphatic carbocycles. The molecule has 0 saturated carbocycles. The van der Waals surface area contributed by atoms with E-state index in [1.54, 1.807) is 33.9 Å². The summed E-state index contributed by atoms with van der Waals surface area (Å²) in [5.41, 5.74) is 6.53.